The van der Waals surface area contributed by atoms with Crippen LogP contribution in [0.1, 0.15) is 9.75 Å². The molecule has 0 saturated heterocycles. The summed E-state index contributed by atoms with van der Waals surface area (Å²) < 4.78 is 1.09. The van der Waals surface area contributed by atoms with Crippen molar-refractivity contribution in [2.75, 3.05) is 0 Å². The number of nitrogens with one attached hydrogen (secondary N) is 1. The van der Waals surface area contributed by atoms with E-state index >= 15 is 0 Å². The van der Waals surface area contributed by atoms with Crippen LogP contribution in [0.3, 0.4) is 0 Å². The van der Waals surface area contributed by atoms with E-state index in [0.29, 0.717) is 0 Å². The summed E-state index contributed by atoms with van der Waals surface area (Å²) in [6, 6.07) is 1.99. The van der Waals surface area contributed by atoms with E-state index in [9.17, 15) is 0 Å². The Morgan fingerprint density at radius 1 is 1.85 bits per heavy atom. The highest BCUT2D eigenvalue weighted by atomic mass is 79.9. The lowest BCUT2D eigenvalue weighted by Gasteiger charge is -1.91. The molecule has 0 atom stereocenters. The number of rotatable bonds is 2. The highest BCUT2D eigenvalue weighted by Crippen LogP contribution is 2.24. The Morgan fingerprint density at radius 2 is 2.54 bits per heavy atom. The van der Waals surface area contributed by atoms with Gasteiger partial charge in [-0.2, -0.15) is 5.10 Å². The van der Waals surface area contributed by atoms with Crippen LogP contribution in [0.5, 0.6) is 0 Å². The number of thiophene rings is 1. The number of halogens is 1. The molecule has 0 aliphatic carbocycles. The van der Waals surface area contributed by atoms with Crippen LogP contribution in [0.4, 0.5) is 0 Å². The lowest BCUT2D eigenvalue weighted by atomic mass is 10.4. The van der Waals surface area contributed by atoms with Gasteiger partial charge in [0.1, 0.15) is 0 Å². The van der Waals surface area contributed by atoms with Crippen LogP contribution >= 0.6 is 39.5 Å². The molecule has 0 spiro atoms. The third kappa shape index (κ3) is 3.41. The van der Waals surface area contributed by atoms with Gasteiger partial charge >= 0.3 is 0 Å². The molecule has 70 valence electrons. The monoisotopic (exact) mass is 277 g/mol. The molecule has 6 heteroatoms. The molecule has 0 radical (unpaired) electrons. The Hall–Kier alpha value is -0.460. The Balaban J connectivity index is 2.64. The Morgan fingerprint density at radius 3 is 3.00 bits per heavy atom. The van der Waals surface area contributed by atoms with Gasteiger partial charge in [-0.05, 0) is 41.1 Å². The van der Waals surface area contributed by atoms with Crippen molar-refractivity contribution in [3.8, 4) is 0 Å². The summed E-state index contributed by atoms with van der Waals surface area (Å²) in [5, 5.41) is 4.01. The third-order valence-corrected chi connectivity index (χ3v) is 3.41. The standard InChI is InChI=1S/C7H8BrN3S2/c1-4-6(8)2-5(13-4)3-10-11-7(9)12/h2-3H,1H3,(H3,9,11,12)/b10-3+. The minimum Gasteiger partial charge on any atom is -0.375 e. The number of nitrogens with zero attached hydrogens (tertiary/aromatic N) is 1. The molecule has 0 amide bonds. The van der Waals surface area contributed by atoms with Gasteiger partial charge in [-0.15, -0.1) is 11.3 Å². The van der Waals surface area contributed by atoms with E-state index < -0.39 is 0 Å². The summed E-state index contributed by atoms with van der Waals surface area (Å²) in [5.41, 5.74) is 7.69. The molecule has 1 aromatic heterocycles. The molecule has 1 rings (SSSR count). The molecule has 0 saturated carbocycles. The van der Waals surface area contributed by atoms with E-state index in [1.165, 1.54) is 4.88 Å². The quantitative estimate of drug-likeness (QED) is 0.494. The molecule has 3 nitrogen and oxygen atoms in total. The fourth-order valence-electron chi connectivity index (χ4n) is 0.705. The maximum atomic E-state index is 5.19. The summed E-state index contributed by atoms with van der Waals surface area (Å²) in [7, 11) is 0. The highest BCUT2D eigenvalue weighted by Gasteiger charge is 1.99. The third-order valence-electron chi connectivity index (χ3n) is 1.24. The second-order valence-corrected chi connectivity index (χ2v) is 4.87. The lowest BCUT2D eigenvalue weighted by Crippen LogP contribution is -2.23. The fourth-order valence-corrected chi connectivity index (χ4v) is 2.19. The van der Waals surface area contributed by atoms with Crippen LogP contribution in [0.2, 0.25) is 0 Å². The highest BCUT2D eigenvalue weighted by molar-refractivity contribution is 9.10. The number of hydrazone groups is 1. The molecular formula is C7H8BrN3S2. The van der Waals surface area contributed by atoms with E-state index in [1.807, 2.05) is 13.0 Å². The summed E-state index contributed by atoms with van der Waals surface area (Å²) in [6.45, 7) is 2.03. The molecule has 0 aromatic carbocycles. The predicted molar refractivity (Wildman–Crippen MR) is 64.3 cm³/mol. The first-order valence-electron chi connectivity index (χ1n) is 3.44. The van der Waals surface area contributed by atoms with Gasteiger partial charge in [0.2, 0.25) is 0 Å². The van der Waals surface area contributed by atoms with E-state index in [-0.39, 0.29) is 5.11 Å². The van der Waals surface area contributed by atoms with Crippen LogP contribution < -0.4 is 11.2 Å². The van der Waals surface area contributed by atoms with Crippen LogP contribution in [0.25, 0.3) is 0 Å². The molecule has 0 unspecified atom stereocenters. The van der Waals surface area contributed by atoms with Crippen LogP contribution in [0.15, 0.2) is 15.6 Å². The average molecular weight is 278 g/mol. The number of hydrogen-bond acceptors (Lipinski definition) is 3. The van der Waals surface area contributed by atoms with E-state index in [0.717, 1.165) is 9.35 Å². The zero-order valence-corrected chi connectivity index (χ0v) is 10.1. The van der Waals surface area contributed by atoms with Crippen molar-refractivity contribution in [2.45, 2.75) is 6.92 Å². The van der Waals surface area contributed by atoms with Gasteiger partial charge in [-0.1, -0.05) is 0 Å². The number of aryl methyl sites for hydroxylation is 1. The van der Waals surface area contributed by atoms with Gasteiger partial charge in [0, 0.05) is 14.2 Å². The lowest BCUT2D eigenvalue weighted by molar-refractivity contribution is 1.04. The van der Waals surface area contributed by atoms with Gasteiger partial charge in [-0.25, -0.2) is 0 Å². The molecule has 13 heavy (non-hydrogen) atoms. The van der Waals surface area contributed by atoms with Crippen molar-refractivity contribution in [2.24, 2.45) is 10.8 Å². The Labute approximate surface area is 94.1 Å². The number of hydrogen-bond donors (Lipinski definition) is 2. The molecule has 0 aliphatic rings. The molecule has 0 fully saturated rings. The molecule has 0 aliphatic heterocycles. The van der Waals surface area contributed by atoms with Gasteiger partial charge in [0.25, 0.3) is 0 Å². The van der Waals surface area contributed by atoms with Crippen molar-refractivity contribution < 1.29 is 0 Å². The van der Waals surface area contributed by atoms with Crippen molar-refractivity contribution in [3.05, 3.63) is 20.3 Å². The van der Waals surface area contributed by atoms with Crippen molar-refractivity contribution >= 4 is 50.8 Å². The zero-order valence-electron chi connectivity index (χ0n) is 6.87. The van der Waals surface area contributed by atoms with Gasteiger partial charge < -0.3 is 5.73 Å². The molecule has 3 N–H and O–H groups in total. The first kappa shape index (κ1) is 10.6. The molecule has 1 heterocycles. The SMILES string of the molecule is Cc1sc(/C=N/NC(N)=S)cc1Br. The topological polar surface area (TPSA) is 50.4 Å². The van der Waals surface area contributed by atoms with Crippen molar-refractivity contribution in [3.63, 3.8) is 0 Å². The maximum absolute atomic E-state index is 5.19. The number of thiocarbonyl (C=S) groups is 1. The Kier molecular flexibility index (Phi) is 3.83. The summed E-state index contributed by atoms with van der Waals surface area (Å²) in [6.07, 6.45) is 1.68. The average Bonchev–Trinajstić information content (AvgIpc) is 2.30. The molecule has 1 aromatic rings. The van der Waals surface area contributed by atoms with Gasteiger partial charge in [-0.3, -0.25) is 5.43 Å². The second-order valence-electron chi connectivity index (χ2n) is 2.29. The molecular weight excluding hydrogens is 270 g/mol. The van der Waals surface area contributed by atoms with Gasteiger partial charge in [0.05, 0.1) is 6.21 Å². The first-order chi connectivity index (χ1) is 6.09. The van der Waals surface area contributed by atoms with E-state index in [4.69, 9.17) is 5.73 Å². The predicted octanol–water partition coefficient (Wildman–Crippen LogP) is 1.99. The molecule has 0 bridgehead atoms. The summed E-state index contributed by atoms with van der Waals surface area (Å²) in [5.74, 6) is 0. The fraction of sp³-hybridized carbons (Fsp3) is 0.143. The largest absolute Gasteiger partial charge is 0.375 e. The smallest absolute Gasteiger partial charge is 0.184 e. The minimum atomic E-state index is 0.170. The van der Waals surface area contributed by atoms with E-state index in [1.54, 1.807) is 17.6 Å². The normalized spacial score (nSPS) is 10.6. The summed E-state index contributed by atoms with van der Waals surface area (Å²) >= 11 is 9.65. The summed E-state index contributed by atoms with van der Waals surface area (Å²) in [4.78, 5) is 2.27. The van der Waals surface area contributed by atoms with Crippen LogP contribution in [-0.2, 0) is 0 Å². The van der Waals surface area contributed by atoms with E-state index in [2.05, 4.69) is 38.7 Å². The van der Waals surface area contributed by atoms with Crippen molar-refractivity contribution in [1.82, 2.24) is 5.43 Å². The first-order valence-corrected chi connectivity index (χ1v) is 5.46. The van der Waals surface area contributed by atoms with Crippen LogP contribution in [-0.4, -0.2) is 11.3 Å². The minimum absolute atomic E-state index is 0.170. The van der Waals surface area contributed by atoms with Crippen molar-refractivity contribution in [1.29, 1.82) is 0 Å². The zero-order chi connectivity index (χ0) is 9.84. The number of nitrogens with two attached hydrogens (primary N) is 1. The van der Waals surface area contributed by atoms with Gasteiger partial charge in [0.15, 0.2) is 5.11 Å². The Bertz CT molecular complexity index is 326. The van der Waals surface area contributed by atoms with Crippen LogP contribution in [0, 0.1) is 6.92 Å². The second kappa shape index (κ2) is 4.69. The maximum Gasteiger partial charge on any atom is 0.184 e.